The summed E-state index contributed by atoms with van der Waals surface area (Å²) in [5, 5.41) is 13.3. The molecular formula is C27H27NO4S. The number of hydrogen-bond acceptors (Lipinski definition) is 5. The molecule has 170 valence electrons. The van der Waals surface area contributed by atoms with Gasteiger partial charge in [-0.2, -0.15) is 0 Å². The number of ether oxygens (including phenoxy) is 1. The Kier molecular flexibility index (Phi) is 6.13. The Bertz CT molecular complexity index is 1210. The molecule has 2 aromatic carbocycles. The van der Waals surface area contributed by atoms with Crippen molar-refractivity contribution in [3.05, 3.63) is 87.6 Å². The van der Waals surface area contributed by atoms with Gasteiger partial charge >= 0.3 is 0 Å². The molecule has 5 nitrogen and oxygen atoms in total. The number of Topliss-reactive ketones (excluding diaryl/α,β-unsaturated/α-hetero) is 1. The number of carbonyl (C=O) groups excluding carboxylic acids is 2. The summed E-state index contributed by atoms with van der Waals surface area (Å²) < 4.78 is 5.79. The number of hydrogen-bond donors (Lipinski definition) is 1. The number of para-hydroxylation sites is 1. The Balaban J connectivity index is 1.91. The van der Waals surface area contributed by atoms with Crippen molar-refractivity contribution in [2.24, 2.45) is 0 Å². The van der Waals surface area contributed by atoms with Crippen molar-refractivity contribution < 1.29 is 19.4 Å². The molecule has 1 aromatic heterocycles. The molecule has 1 saturated heterocycles. The number of thiophene rings is 1. The van der Waals surface area contributed by atoms with Crippen LogP contribution in [0, 0.1) is 0 Å². The van der Waals surface area contributed by atoms with Gasteiger partial charge in [-0.25, -0.2) is 0 Å². The van der Waals surface area contributed by atoms with Crippen molar-refractivity contribution >= 4 is 34.5 Å². The number of aliphatic hydroxyl groups is 1. The third-order valence-electron chi connectivity index (χ3n) is 5.65. The minimum absolute atomic E-state index is 0.0929. The lowest BCUT2D eigenvalue weighted by molar-refractivity contribution is -0.132. The van der Waals surface area contributed by atoms with Crippen LogP contribution in [0.3, 0.4) is 0 Å². The second-order valence-electron chi connectivity index (χ2n) is 8.91. The van der Waals surface area contributed by atoms with Crippen molar-refractivity contribution in [3.63, 3.8) is 0 Å². The van der Waals surface area contributed by atoms with Crippen molar-refractivity contribution in [2.75, 3.05) is 11.5 Å². The number of aliphatic hydroxyl groups excluding tert-OH is 1. The molecule has 1 atom stereocenters. The maximum absolute atomic E-state index is 13.2. The molecule has 1 unspecified atom stereocenters. The Hall–Kier alpha value is -3.38. The number of ketones is 1. The van der Waals surface area contributed by atoms with Crippen molar-refractivity contribution in [3.8, 4) is 5.75 Å². The summed E-state index contributed by atoms with van der Waals surface area (Å²) in [6, 6.07) is 17.5. The van der Waals surface area contributed by atoms with Crippen LogP contribution in [0.5, 0.6) is 5.75 Å². The van der Waals surface area contributed by atoms with E-state index in [1.165, 1.54) is 16.2 Å². The normalized spacial score (nSPS) is 18.1. The molecule has 1 aliphatic heterocycles. The molecular weight excluding hydrogens is 434 g/mol. The van der Waals surface area contributed by atoms with Crippen LogP contribution in [-0.4, -0.2) is 23.4 Å². The number of rotatable bonds is 5. The zero-order valence-electron chi connectivity index (χ0n) is 19.2. The lowest BCUT2D eigenvalue weighted by Gasteiger charge is -2.25. The van der Waals surface area contributed by atoms with Crippen LogP contribution >= 0.6 is 11.3 Å². The molecule has 0 bridgehead atoms. The summed E-state index contributed by atoms with van der Waals surface area (Å²) in [4.78, 5) is 28.6. The van der Waals surface area contributed by atoms with Gasteiger partial charge in [0.2, 0.25) is 0 Å². The fourth-order valence-corrected chi connectivity index (χ4v) is 4.93. The van der Waals surface area contributed by atoms with E-state index in [2.05, 4.69) is 20.8 Å². The largest absolute Gasteiger partial charge is 0.507 e. The van der Waals surface area contributed by atoms with Gasteiger partial charge in [-0.3, -0.25) is 14.5 Å². The number of amides is 1. The Morgan fingerprint density at radius 1 is 1.06 bits per heavy atom. The number of carbonyl (C=O) groups is 2. The molecule has 1 amide bonds. The van der Waals surface area contributed by atoms with Gasteiger partial charge in [-0.15, -0.1) is 11.3 Å². The molecule has 0 radical (unpaired) electrons. The van der Waals surface area contributed by atoms with Crippen LogP contribution in [0.1, 0.15) is 49.7 Å². The quantitative estimate of drug-likeness (QED) is 0.284. The monoisotopic (exact) mass is 461 g/mol. The fourth-order valence-electron chi connectivity index (χ4n) is 4.10. The Morgan fingerprint density at radius 3 is 2.39 bits per heavy atom. The van der Waals surface area contributed by atoms with E-state index in [9.17, 15) is 14.7 Å². The van der Waals surface area contributed by atoms with E-state index in [0.717, 1.165) is 16.2 Å². The summed E-state index contributed by atoms with van der Waals surface area (Å²) in [6.07, 6.45) is 0. The zero-order chi connectivity index (χ0) is 23.8. The minimum atomic E-state index is -0.697. The third-order valence-corrected chi connectivity index (χ3v) is 6.58. The molecule has 1 aliphatic rings. The average molecular weight is 462 g/mol. The summed E-state index contributed by atoms with van der Waals surface area (Å²) in [5.74, 6) is -0.788. The van der Waals surface area contributed by atoms with Gasteiger partial charge in [0.15, 0.2) is 0 Å². The van der Waals surface area contributed by atoms with E-state index in [4.69, 9.17) is 4.74 Å². The second kappa shape index (κ2) is 8.87. The van der Waals surface area contributed by atoms with E-state index in [1.807, 2.05) is 54.8 Å². The molecule has 33 heavy (non-hydrogen) atoms. The van der Waals surface area contributed by atoms with Gasteiger partial charge in [-0.05, 0) is 54.1 Å². The standard InChI is InChI=1S/C27H27NO4S/c1-5-32-20-14-13-17(16-19(20)27(2,3)4)24(29)22-23(21-12-9-15-33-21)28(26(31)25(22)30)18-10-7-6-8-11-18/h6-16,23,29H,5H2,1-4H3/b24-22-. The summed E-state index contributed by atoms with van der Waals surface area (Å²) in [5.41, 5.74) is 1.85. The molecule has 0 spiro atoms. The van der Waals surface area contributed by atoms with E-state index in [0.29, 0.717) is 17.9 Å². The maximum atomic E-state index is 13.2. The smallest absolute Gasteiger partial charge is 0.300 e. The number of benzene rings is 2. The molecule has 1 N–H and O–H groups in total. The molecule has 2 heterocycles. The Labute approximate surface area is 197 Å². The fraction of sp³-hybridized carbons (Fsp3) is 0.259. The van der Waals surface area contributed by atoms with Crippen molar-refractivity contribution in [2.45, 2.75) is 39.2 Å². The van der Waals surface area contributed by atoms with Crippen LogP contribution < -0.4 is 9.64 Å². The first-order valence-electron chi connectivity index (χ1n) is 10.9. The highest BCUT2D eigenvalue weighted by Gasteiger charge is 2.47. The first-order valence-corrected chi connectivity index (χ1v) is 11.8. The summed E-state index contributed by atoms with van der Waals surface area (Å²) >= 11 is 1.44. The van der Waals surface area contributed by atoms with Gasteiger partial charge in [0.1, 0.15) is 17.6 Å². The molecule has 3 aromatic rings. The summed E-state index contributed by atoms with van der Waals surface area (Å²) in [6.45, 7) is 8.64. The van der Waals surface area contributed by atoms with Crippen LogP contribution in [0.2, 0.25) is 0 Å². The highest BCUT2D eigenvalue weighted by Crippen LogP contribution is 2.44. The predicted molar refractivity (Wildman–Crippen MR) is 132 cm³/mol. The lowest BCUT2D eigenvalue weighted by Crippen LogP contribution is -2.29. The number of anilines is 1. The van der Waals surface area contributed by atoms with Crippen LogP contribution in [0.25, 0.3) is 5.76 Å². The minimum Gasteiger partial charge on any atom is -0.507 e. The molecule has 0 saturated carbocycles. The van der Waals surface area contributed by atoms with Gasteiger partial charge in [0.25, 0.3) is 11.7 Å². The molecule has 6 heteroatoms. The van der Waals surface area contributed by atoms with E-state index >= 15 is 0 Å². The van der Waals surface area contributed by atoms with Crippen molar-refractivity contribution in [1.29, 1.82) is 0 Å². The average Bonchev–Trinajstić information content (AvgIpc) is 3.41. The zero-order valence-corrected chi connectivity index (χ0v) is 20.0. The third kappa shape index (κ3) is 4.18. The first kappa shape index (κ1) is 22.8. The van der Waals surface area contributed by atoms with Crippen molar-refractivity contribution in [1.82, 2.24) is 0 Å². The SMILES string of the molecule is CCOc1ccc(/C(O)=C2/C(=O)C(=O)N(c3ccccc3)C2c2cccs2)cc1C(C)(C)C. The first-order chi connectivity index (χ1) is 15.7. The topological polar surface area (TPSA) is 66.8 Å². The highest BCUT2D eigenvalue weighted by atomic mass is 32.1. The lowest BCUT2D eigenvalue weighted by atomic mass is 9.84. The van der Waals surface area contributed by atoms with Crippen LogP contribution in [0.15, 0.2) is 71.6 Å². The highest BCUT2D eigenvalue weighted by molar-refractivity contribution is 7.10. The van der Waals surface area contributed by atoms with E-state index in [-0.39, 0.29) is 16.7 Å². The van der Waals surface area contributed by atoms with E-state index in [1.54, 1.807) is 18.2 Å². The van der Waals surface area contributed by atoms with Crippen LogP contribution in [0.4, 0.5) is 5.69 Å². The molecule has 1 fully saturated rings. The van der Waals surface area contributed by atoms with Gasteiger partial charge in [0.05, 0.1) is 12.2 Å². The molecule has 0 aliphatic carbocycles. The predicted octanol–water partition coefficient (Wildman–Crippen LogP) is 6.07. The Morgan fingerprint density at radius 2 is 1.79 bits per heavy atom. The van der Waals surface area contributed by atoms with Crippen LogP contribution in [-0.2, 0) is 15.0 Å². The van der Waals surface area contributed by atoms with Gasteiger partial charge in [-0.1, -0.05) is 45.0 Å². The van der Waals surface area contributed by atoms with Gasteiger partial charge < -0.3 is 9.84 Å². The van der Waals surface area contributed by atoms with Gasteiger partial charge in [0, 0.05) is 21.7 Å². The van der Waals surface area contributed by atoms with E-state index < -0.39 is 17.7 Å². The molecule has 4 rings (SSSR count). The second-order valence-corrected chi connectivity index (χ2v) is 9.89. The number of nitrogens with zero attached hydrogens (tertiary/aromatic N) is 1. The summed E-state index contributed by atoms with van der Waals surface area (Å²) in [7, 11) is 0. The maximum Gasteiger partial charge on any atom is 0.300 e.